The van der Waals surface area contributed by atoms with Gasteiger partial charge in [-0.05, 0) is 30.4 Å². The van der Waals surface area contributed by atoms with Gasteiger partial charge in [-0.1, -0.05) is 19.1 Å². The van der Waals surface area contributed by atoms with Gasteiger partial charge in [0.05, 0.1) is 12.6 Å². The number of carbonyl (C=O) groups is 2. The number of aliphatic hydroxyl groups excluding tert-OH is 1. The fraction of sp³-hybridized carbons (Fsp3) is 0.421. The summed E-state index contributed by atoms with van der Waals surface area (Å²) in [4.78, 5) is 28.0. The van der Waals surface area contributed by atoms with E-state index >= 15 is 0 Å². The maximum absolute atomic E-state index is 13.0. The van der Waals surface area contributed by atoms with Gasteiger partial charge in [0.25, 0.3) is 11.8 Å². The van der Waals surface area contributed by atoms with Gasteiger partial charge < -0.3 is 15.3 Å². The predicted molar refractivity (Wildman–Crippen MR) is 104 cm³/mol. The molecule has 0 radical (unpaired) electrons. The van der Waals surface area contributed by atoms with Crippen LogP contribution in [0.2, 0.25) is 0 Å². The molecule has 2 heterocycles. The van der Waals surface area contributed by atoms with E-state index in [0.717, 1.165) is 12.0 Å². The molecule has 1 atom stereocenters. The van der Waals surface area contributed by atoms with Crippen molar-refractivity contribution >= 4 is 23.6 Å². The van der Waals surface area contributed by atoms with Crippen molar-refractivity contribution in [2.24, 2.45) is 0 Å². The van der Waals surface area contributed by atoms with E-state index in [0.29, 0.717) is 18.8 Å². The van der Waals surface area contributed by atoms with Crippen LogP contribution in [0.15, 0.2) is 35.2 Å². The van der Waals surface area contributed by atoms with E-state index in [4.69, 9.17) is 0 Å². The number of aliphatic hydroxyl groups is 1. The van der Waals surface area contributed by atoms with Crippen LogP contribution in [-0.4, -0.2) is 57.1 Å². The minimum absolute atomic E-state index is 0.180. The Morgan fingerprint density at radius 3 is 2.81 bits per heavy atom. The molecule has 144 valence electrons. The standard InChI is InChI=1S/C19H24N4O3S/c1-3-8-22(11-13-4-6-15(27-2)7-5-13)19(26)16-9-17-18(25)20-10-14(24)12-23(17)21-16/h4-7,9,14,24H,3,8,10-12H2,1-2H3,(H,20,25)/t14-/m0/s1. The monoisotopic (exact) mass is 388 g/mol. The van der Waals surface area contributed by atoms with Crippen LogP contribution in [0.1, 0.15) is 39.9 Å². The van der Waals surface area contributed by atoms with Crippen LogP contribution in [0.3, 0.4) is 0 Å². The Morgan fingerprint density at radius 2 is 2.15 bits per heavy atom. The van der Waals surface area contributed by atoms with Gasteiger partial charge in [-0.2, -0.15) is 5.10 Å². The van der Waals surface area contributed by atoms with Crippen molar-refractivity contribution in [1.29, 1.82) is 0 Å². The Balaban J connectivity index is 1.81. The highest BCUT2D eigenvalue weighted by Crippen LogP contribution is 2.17. The molecule has 0 aliphatic carbocycles. The average molecular weight is 388 g/mol. The molecule has 2 amide bonds. The predicted octanol–water partition coefficient (Wildman–Crippen LogP) is 1.76. The van der Waals surface area contributed by atoms with Gasteiger partial charge in [0.2, 0.25) is 0 Å². The van der Waals surface area contributed by atoms with Crippen molar-refractivity contribution < 1.29 is 14.7 Å². The number of rotatable bonds is 6. The molecule has 2 N–H and O–H groups in total. The SMILES string of the molecule is CCCN(Cc1ccc(SC)cc1)C(=O)c1cc2n(n1)C[C@@H](O)CNC2=O. The molecule has 27 heavy (non-hydrogen) atoms. The number of benzene rings is 1. The Labute approximate surface area is 162 Å². The topological polar surface area (TPSA) is 87.5 Å². The highest BCUT2D eigenvalue weighted by Gasteiger charge is 2.26. The number of amides is 2. The van der Waals surface area contributed by atoms with E-state index in [9.17, 15) is 14.7 Å². The first-order valence-electron chi connectivity index (χ1n) is 8.98. The number of thioether (sulfide) groups is 1. The van der Waals surface area contributed by atoms with E-state index in [-0.39, 0.29) is 30.6 Å². The lowest BCUT2D eigenvalue weighted by atomic mass is 10.2. The lowest BCUT2D eigenvalue weighted by molar-refractivity contribution is 0.0735. The molecule has 1 aromatic carbocycles. The minimum Gasteiger partial charge on any atom is -0.389 e. The summed E-state index contributed by atoms with van der Waals surface area (Å²) in [7, 11) is 0. The van der Waals surface area contributed by atoms with Gasteiger partial charge in [0.15, 0.2) is 5.69 Å². The normalized spacial score (nSPS) is 16.4. The van der Waals surface area contributed by atoms with E-state index in [1.807, 2.05) is 37.4 Å². The first-order valence-corrected chi connectivity index (χ1v) is 10.2. The summed E-state index contributed by atoms with van der Waals surface area (Å²) in [5.74, 6) is -0.540. The zero-order valence-electron chi connectivity index (χ0n) is 15.5. The maximum Gasteiger partial charge on any atom is 0.274 e. The highest BCUT2D eigenvalue weighted by atomic mass is 32.2. The summed E-state index contributed by atoms with van der Waals surface area (Å²) in [6.45, 7) is 3.46. The summed E-state index contributed by atoms with van der Waals surface area (Å²) in [5, 5.41) is 16.8. The van der Waals surface area contributed by atoms with Gasteiger partial charge in [0, 0.05) is 30.6 Å². The summed E-state index contributed by atoms with van der Waals surface area (Å²) in [6, 6.07) is 9.63. The number of nitrogens with one attached hydrogen (secondary N) is 1. The number of fused-ring (bicyclic) bond motifs is 1. The molecule has 0 bridgehead atoms. The third kappa shape index (κ3) is 4.51. The fourth-order valence-corrected chi connectivity index (χ4v) is 3.45. The minimum atomic E-state index is -0.722. The molecule has 0 saturated carbocycles. The molecule has 0 saturated heterocycles. The highest BCUT2D eigenvalue weighted by molar-refractivity contribution is 7.98. The Morgan fingerprint density at radius 1 is 1.41 bits per heavy atom. The molecule has 1 aliphatic rings. The largest absolute Gasteiger partial charge is 0.389 e. The molecular weight excluding hydrogens is 364 g/mol. The molecule has 2 aromatic rings. The number of hydrogen-bond acceptors (Lipinski definition) is 5. The van der Waals surface area contributed by atoms with Crippen LogP contribution in [0.5, 0.6) is 0 Å². The van der Waals surface area contributed by atoms with Crippen molar-refractivity contribution in [3.05, 3.63) is 47.3 Å². The second kappa shape index (κ2) is 8.58. The number of hydrogen-bond donors (Lipinski definition) is 2. The quantitative estimate of drug-likeness (QED) is 0.737. The second-order valence-electron chi connectivity index (χ2n) is 6.54. The Bertz CT molecular complexity index is 819. The third-order valence-corrected chi connectivity index (χ3v) is 5.17. The molecule has 8 heteroatoms. The van der Waals surface area contributed by atoms with E-state index in [1.54, 1.807) is 16.7 Å². The van der Waals surface area contributed by atoms with Crippen molar-refractivity contribution in [2.75, 3.05) is 19.3 Å². The molecule has 0 spiro atoms. The lowest BCUT2D eigenvalue weighted by Gasteiger charge is -2.21. The Kier molecular flexibility index (Phi) is 6.18. The van der Waals surface area contributed by atoms with E-state index < -0.39 is 6.10 Å². The first kappa shape index (κ1) is 19.4. The smallest absolute Gasteiger partial charge is 0.274 e. The molecule has 3 rings (SSSR count). The fourth-order valence-electron chi connectivity index (χ4n) is 3.04. The third-order valence-electron chi connectivity index (χ3n) is 4.43. The van der Waals surface area contributed by atoms with Gasteiger partial charge in [-0.15, -0.1) is 11.8 Å². The zero-order chi connectivity index (χ0) is 19.4. The average Bonchev–Trinajstić information content (AvgIpc) is 3.04. The summed E-state index contributed by atoms with van der Waals surface area (Å²) in [6.07, 6.45) is 2.12. The van der Waals surface area contributed by atoms with Gasteiger partial charge >= 0.3 is 0 Å². The summed E-state index contributed by atoms with van der Waals surface area (Å²) >= 11 is 1.68. The number of aromatic nitrogens is 2. The molecule has 1 aromatic heterocycles. The molecule has 0 fully saturated rings. The number of β-amino-alcohol motifs (C(OH)–C–C–N with tert-alkyl or cyclic N) is 1. The molecule has 7 nitrogen and oxygen atoms in total. The van der Waals surface area contributed by atoms with Gasteiger partial charge in [-0.3, -0.25) is 14.3 Å². The van der Waals surface area contributed by atoms with Gasteiger partial charge in [-0.25, -0.2) is 0 Å². The second-order valence-corrected chi connectivity index (χ2v) is 7.42. The summed E-state index contributed by atoms with van der Waals surface area (Å²) in [5.41, 5.74) is 1.57. The van der Waals surface area contributed by atoms with Crippen LogP contribution in [0, 0.1) is 0 Å². The van der Waals surface area contributed by atoms with Crippen LogP contribution < -0.4 is 5.32 Å². The first-order chi connectivity index (χ1) is 13.0. The van der Waals surface area contributed by atoms with Crippen LogP contribution in [0.25, 0.3) is 0 Å². The van der Waals surface area contributed by atoms with E-state index in [1.165, 1.54) is 15.6 Å². The maximum atomic E-state index is 13.0. The molecule has 1 aliphatic heterocycles. The van der Waals surface area contributed by atoms with Crippen LogP contribution in [-0.2, 0) is 13.1 Å². The van der Waals surface area contributed by atoms with Gasteiger partial charge in [0.1, 0.15) is 5.69 Å². The zero-order valence-corrected chi connectivity index (χ0v) is 16.3. The van der Waals surface area contributed by atoms with Crippen molar-refractivity contribution in [1.82, 2.24) is 20.0 Å². The summed E-state index contributed by atoms with van der Waals surface area (Å²) < 4.78 is 1.41. The van der Waals surface area contributed by atoms with Crippen molar-refractivity contribution in [3.63, 3.8) is 0 Å². The van der Waals surface area contributed by atoms with Crippen molar-refractivity contribution in [3.8, 4) is 0 Å². The number of carbonyl (C=O) groups excluding carboxylic acids is 2. The van der Waals surface area contributed by atoms with E-state index in [2.05, 4.69) is 10.4 Å². The van der Waals surface area contributed by atoms with Crippen LogP contribution in [0.4, 0.5) is 0 Å². The molecule has 0 unspecified atom stereocenters. The van der Waals surface area contributed by atoms with Crippen LogP contribution >= 0.6 is 11.8 Å². The van der Waals surface area contributed by atoms with Crippen molar-refractivity contribution in [2.45, 2.75) is 37.4 Å². The molecular formula is C19H24N4O3S. The Hall–Kier alpha value is -2.32. The number of nitrogens with zero attached hydrogens (tertiary/aromatic N) is 3. The lowest BCUT2D eigenvalue weighted by Crippen LogP contribution is -2.32.